The van der Waals surface area contributed by atoms with Gasteiger partial charge in [0, 0.05) is 0 Å². The van der Waals surface area contributed by atoms with Gasteiger partial charge < -0.3 is 0 Å². The van der Waals surface area contributed by atoms with Crippen LogP contribution >= 0.6 is 0 Å². The van der Waals surface area contributed by atoms with Crippen LogP contribution < -0.4 is 0 Å². The highest BCUT2D eigenvalue weighted by molar-refractivity contribution is 5.30. The van der Waals surface area contributed by atoms with Crippen molar-refractivity contribution in [3.63, 3.8) is 0 Å². The second-order valence-corrected chi connectivity index (χ2v) is 3.63. The van der Waals surface area contributed by atoms with Gasteiger partial charge in [-0.25, -0.2) is 0 Å². The Balaban J connectivity index is 2.17. The van der Waals surface area contributed by atoms with Crippen molar-refractivity contribution in [3.8, 4) is 0 Å². The summed E-state index contributed by atoms with van der Waals surface area (Å²) >= 11 is 0. The number of allylic oxidation sites excluding steroid dienone is 4. The monoisotopic (exact) mass is 148 g/mol. The molecule has 0 N–H and O–H groups in total. The summed E-state index contributed by atoms with van der Waals surface area (Å²) in [6.07, 6.45) is 14.4. The highest BCUT2D eigenvalue weighted by Gasteiger charge is 2.10. The Labute approximate surface area is 69.0 Å². The van der Waals surface area contributed by atoms with Crippen molar-refractivity contribution < 1.29 is 0 Å². The van der Waals surface area contributed by atoms with Gasteiger partial charge >= 0.3 is 0 Å². The summed E-state index contributed by atoms with van der Waals surface area (Å²) in [5.74, 6) is 0. The fraction of sp³-hybridized carbons (Fsp3) is 0.636. The predicted molar refractivity (Wildman–Crippen MR) is 48.5 cm³/mol. The first-order valence-corrected chi connectivity index (χ1v) is 4.84. The Morgan fingerprint density at radius 2 is 1.82 bits per heavy atom. The van der Waals surface area contributed by atoms with Crippen LogP contribution in [0.4, 0.5) is 0 Å². The molecule has 0 aliphatic heterocycles. The summed E-state index contributed by atoms with van der Waals surface area (Å²) in [5, 5.41) is 0. The first-order valence-electron chi connectivity index (χ1n) is 4.84. The topological polar surface area (TPSA) is 0 Å². The van der Waals surface area contributed by atoms with E-state index in [-0.39, 0.29) is 0 Å². The normalized spacial score (nSPS) is 24.7. The third-order valence-corrected chi connectivity index (χ3v) is 2.81. The molecule has 0 saturated heterocycles. The van der Waals surface area contributed by atoms with Gasteiger partial charge in [-0.05, 0) is 44.1 Å². The Morgan fingerprint density at radius 3 is 2.82 bits per heavy atom. The largest absolute Gasteiger partial charge is 0.0839 e. The summed E-state index contributed by atoms with van der Waals surface area (Å²) < 4.78 is 0. The Morgan fingerprint density at radius 1 is 0.909 bits per heavy atom. The summed E-state index contributed by atoms with van der Waals surface area (Å²) in [5.41, 5.74) is 3.44. The molecule has 0 heterocycles. The van der Waals surface area contributed by atoms with E-state index in [0.29, 0.717) is 0 Å². The van der Waals surface area contributed by atoms with Gasteiger partial charge in [-0.3, -0.25) is 0 Å². The van der Waals surface area contributed by atoms with Gasteiger partial charge in [0.1, 0.15) is 0 Å². The van der Waals surface area contributed by atoms with E-state index in [4.69, 9.17) is 0 Å². The van der Waals surface area contributed by atoms with Crippen LogP contribution in [0.1, 0.15) is 44.9 Å². The molecule has 0 bridgehead atoms. The van der Waals surface area contributed by atoms with Gasteiger partial charge in [0.15, 0.2) is 0 Å². The fourth-order valence-electron chi connectivity index (χ4n) is 2.14. The van der Waals surface area contributed by atoms with Crippen LogP contribution in [-0.2, 0) is 0 Å². The lowest BCUT2D eigenvalue weighted by Gasteiger charge is -2.12. The molecular weight excluding hydrogens is 132 g/mol. The van der Waals surface area contributed by atoms with Crippen LogP contribution in [0.2, 0.25) is 0 Å². The van der Waals surface area contributed by atoms with Crippen LogP contribution in [0.5, 0.6) is 0 Å². The molecule has 0 radical (unpaired) electrons. The van der Waals surface area contributed by atoms with E-state index in [9.17, 15) is 0 Å². The quantitative estimate of drug-likeness (QED) is 0.492. The third-order valence-electron chi connectivity index (χ3n) is 2.81. The zero-order chi connectivity index (χ0) is 7.52. The van der Waals surface area contributed by atoms with Gasteiger partial charge in [-0.1, -0.05) is 24.1 Å². The van der Waals surface area contributed by atoms with Crippen LogP contribution in [0.3, 0.4) is 0 Å². The van der Waals surface area contributed by atoms with Crippen molar-refractivity contribution in [1.82, 2.24) is 0 Å². The van der Waals surface area contributed by atoms with E-state index in [1.54, 1.807) is 11.1 Å². The number of hydrogen-bond donors (Lipinski definition) is 0. The molecule has 0 saturated carbocycles. The van der Waals surface area contributed by atoms with E-state index < -0.39 is 0 Å². The molecule has 0 amide bonds. The SMILES string of the molecule is C1=CC2=C(CC1)CCCCC2. The summed E-state index contributed by atoms with van der Waals surface area (Å²) in [7, 11) is 0. The molecule has 2 rings (SSSR count). The summed E-state index contributed by atoms with van der Waals surface area (Å²) in [6.45, 7) is 0. The molecule has 0 aromatic heterocycles. The van der Waals surface area contributed by atoms with Crippen molar-refractivity contribution in [2.45, 2.75) is 44.9 Å². The molecule has 0 aromatic carbocycles. The predicted octanol–water partition coefficient (Wildman–Crippen LogP) is 3.60. The standard InChI is InChI=1S/C11H16/c1-2-6-10-8-4-5-9-11(10)7-3-1/h4,8H,1-3,5-7,9H2. The smallest absolute Gasteiger partial charge is 0.0279 e. The Kier molecular flexibility index (Phi) is 2.11. The molecule has 0 aromatic rings. The molecule has 0 nitrogen and oxygen atoms in total. The second kappa shape index (κ2) is 3.25. The maximum atomic E-state index is 2.37. The van der Waals surface area contributed by atoms with Crippen molar-refractivity contribution in [3.05, 3.63) is 23.3 Å². The van der Waals surface area contributed by atoms with E-state index in [0.717, 1.165) is 0 Å². The summed E-state index contributed by atoms with van der Waals surface area (Å²) in [4.78, 5) is 0. The van der Waals surface area contributed by atoms with Crippen molar-refractivity contribution >= 4 is 0 Å². The molecule has 0 heteroatoms. The summed E-state index contributed by atoms with van der Waals surface area (Å²) in [6, 6.07) is 0. The minimum absolute atomic E-state index is 1.29. The van der Waals surface area contributed by atoms with Crippen LogP contribution in [0.25, 0.3) is 0 Å². The second-order valence-electron chi connectivity index (χ2n) is 3.63. The first-order chi connectivity index (χ1) is 5.47. The molecule has 0 spiro atoms. The minimum Gasteiger partial charge on any atom is -0.0839 e. The lowest BCUT2D eigenvalue weighted by molar-refractivity contribution is 0.702. The molecule has 60 valence electrons. The third kappa shape index (κ3) is 1.55. The molecular formula is C11H16. The zero-order valence-corrected chi connectivity index (χ0v) is 7.10. The highest BCUT2D eigenvalue weighted by Crippen LogP contribution is 2.30. The van der Waals surface area contributed by atoms with E-state index in [1.165, 1.54) is 44.9 Å². The number of hydrogen-bond acceptors (Lipinski definition) is 0. The van der Waals surface area contributed by atoms with Gasteiger partial charge in [0.05, 0.1) is 0 Å². The maximum absolute atomic E-state index is 2.37. The van der Waals surface area contributed by atoms with Crippen LogP contribution in [0, 0.1) is 0 Å². The lowest BCUT2D eigenvalue weighted by Crippen LogP contribution is -1.92. The van der Waals surface area contributed by atoms with Crippen molar-refractivity contribution in [1.29, 1.82) is 0 Å². The van der Waals surface area contributed by atoms with Gasteiger partial charge in [0.25, 0.3) is 0 Å². The molecule has 11 heavy (non-hydrogen) atoms. The van der Waals surface area contributed by atoms with Crippen LogP contribution in [-0.4, -0.2) is 0 Å². The van der Waals surface area contributed by atoms with Gasteiger partial charge in [-0.2, -0.15) is 0 Å². The zero-order valence-electron chi connectivity index (χ0n) is 7.10. The molecule has 0 unspecified atom stereocenters. The van der Waals surface area contributed by atoms with Crippen molar-refractivity contribution in [2.75, 3.05) is 0 Å². The van der Waals surface area contributed by atoms with E-state index in [2.05, 4.69) is 12.2 Å². The van der Waals surface area contributed by atoms with E-state index >= 15 is 0 Å². The average Bonchev–Trinajstić information content (AvgIpc) is 2.28. The van der Waals surface area contributed by atoms with E-state index in [1.807, 2.05) is 0 Å². The minimum atomic E-state index is 1.29. The number of rotatable bonds is 0. The van der Waals surface area contributed by atoms with Crippen LogP contribution in [0.15, 0.2) is 23.3 Å². The molecule has 2 aliphatic rings. The van der Waals surface area contributed by atoms with Gasteiger partial charge in [-0.15, -0.1) is 0 Å². The fourth-order valence-corrected chi connectivity index (χ4v) is 2.14. The lowest BCUT2D eigenvalue weighted by atomic mass is 9.94. The van der Waals surface area contributed by atoms with Crippen molar-refractivity contribution in [2.24, 2.45) is 0 Å². The molecule has 0 fully saturated rings. The Bertz CT molecular complexity index is 196. The molecule has 2 aliphatic carbocycles. The van der Waals surface area contributed by atoms with Gasteiger partial charge in [0.2, 0.25) is 0 Å². The highest BCUT2D eigenvalue weighted by atomic mass is 14.2. The average molecular weight is 148 g/mol. The molecule has 0 atom stereocenters. The first kappa shape index (κ1) is 7.15. The maximum Gasteiger partial charge on any atom is -0.0279 e. The Hall–Kier alpha value is -0.520.